The van der Waals surface area contributed by atoms with Crippen molar-refractivity contribution < 1.29 is 4.79 Å². The van der Waals surface area contributed by atoms with Gasteiger partial charge < -0.3 is 15.5 Å². The Bertz CT molecular complexity index is 515. The smallest absolute Gasteiger partial charge is 0.316 e. The monoisotopic (exact) mass is 345 g/mol. The van der Waals surface area contributed by atoms with Gasteiger partial charge in [0.25, 0.3) is 5.56 Å². The van der Waals surface area contributed by atoms with Crippen molar-refractivity contribution in [2.24, 2.45) is 0 Å². The molecular formula is C12H20BrN5O2. The Kier molecular flexibility index (Phi) is 6.50. The first-order valence-electron chi connectivity index (χ1n) is 6.42. The lowest BCUT2D eigenvalue weighted by molar-refractivity contribution is 0.218. The minimum absolute atomic E-state index is 0.151. The first kappa shape index (κ1) is 16.5. The van der Waals surface area contributed by atoms with Crippen LogP contribution in [0.25, 0.3) is 0 Å². The molecule has 0 fully saturated rings. The number of hydrogen-bond donors (Lipinski definition) is 2. The van der Waals surface area contributed by atoms with Gasteiger partial charge in [0, 0.05) is 33.7 Å². The Balaban J connectivity index is 2.55. The summed E-state index contributed by atoms with van der Waals surface area (Å²) in [6, 6.07) is -0.151. The average Bonchev–Trinajstić information content (AvgIpc) is 2.41. The molecule has 1 aromatic rings. The summed E-state index contributed by atoms with van der Waals surface area (Å²) < 4.78 is 1.88. The van der Waals surface area contributed by atoms with Crippen molar-refractivity contribution in [2.45, 2.75) is 19.9 Å². The second-order valence-corrected chi connectivity index (χ2v) is 5.25. The molecule has 20 heavy (non-hydrogen) atoms. The number of halogens is 1. The number of urea groups is 1. The van der Waals surface area contributed by atoms with E-state index in [1.165, 1.54) is 9.58 Å². The minimum Gasteiger partial charge on any atom is -0.381 e. The number of hydrogen-bond acceptors (Lipinski definition) is 4. The van der Waals surface area contributed by atoms with Crippen molar-refractivity contribution in [1.82, 2.24) is 20.0 Å². The summed E-state index contributed by atoms with van der Waals surface area (Å²) in [5.74, 6) is 0. The van der Waals surface area contributed by atoms with Gasteiger partial charge in [-0.15, -0.1) is 0 Å². The number of carbonyl (C=O) groups is 1. The van der Waals surface area contributed by atoms with Gasteiger partial charge in [0.2, 0.25) is 0 Å². The Morgan fingerprint density at radius 2 is 2.15 bits per heavy atom. The van der Waals surface area contributed by atoms with E-state index in [0.29, 0.717) is 29.8 Å². The molecule has 0 saturated carbocycles. The van der Waals surface area contributed by atoms with Gasteiger partial charge in [-0.05, 0) is 22.4 Å². The molecule has 2 amide bonds. The maximum absolute atomic E-state index is 11.9. The summed E-state index contributed by atoms with van der Waals surface area (Å²) in [6.45, 7) is 3.55. The van der Waals surface area contributed by atoms with Crippen LogP contribution < -0.4 is 16.2 Å². The van der Waals surface area contributed by atoms with Crippen molar-refractivity contribution in [3.05, 3.63) is 21.0 Å². The molecule has 0 spiro atoms. The van der Waals surface area contributed by atoms with Crippen LogP contribution >= 0.6 is 15.9 Å². The molecule has 1 heterocycles. The molecular weight excluding hydrogens is 326 g/mol. The van der Waals surface area contributed by atoms with Crippen LogP contribution in [-0.4, -0.2) is 47.9 Å². The van der Waals surface area contributed by atoms with E-state index in [9.17, 15) is 9.59 Å². The van der Waals surface area contributed by atoms with Crippen molar-refractivity contribution in [3.63, 3.8) is 0 Å². The van der Waals surface area contributed by atoms with E-state index in [1.807, 2.05) is 6.92 Å². The van der Waals surface area contributed by atoms with E-state index in [1.54, 1.807) is 20.3 Å². The molecule has 0 radical (unpaired) electrons. The summed E-state index contributed by atoms with van der Waals surface area (Å²) in [5, 5.41) is 9.87. The van der Waals surface area contributed by atoms with E-state index in [4.69, 9.17) is 0 Å². The zero-order chi connectivity index (χ0) is 15.1. The Hall–Kier alpha value is -1.57. The van der Waals surface area contributed by atoms with Crippen molar-refractivity contribution >= 4 is 27.6 Å². The van der Waals surface area contributed by atoms with Crippen molar-refractivity contribution in [2.75, 3.05) is 32.5 Å². The molecule has 8 heteroatoms. The van der Waals surface area contributed by atoms with E-state index in [-0.39, 0.29) is 11.6 Å². The maximum atomic E-state index is 11.9. The van der Waals surface area contributed by atoms with Gasteiger partial charge in [0.15, 0.2) is 0 Å². The Morgan fingerprint density at radius 1 is 1.45 bits per heavy atom. The van der Waals surface area contributed by atoms with Crippen LogP contribution in [0.2, 0.25) is 0 Å². The number of aromatic nitrogens is 2. The predicted octanol–water partition coefficient (Wildman–Crippen LogP) is 1.10. The Morgan fingerprint density at radius 3 is 2.75 bits per heavy atom. The molecule has 2 N–H and O–H groups in total. The number of rotatable bonds is 6. The minimum atomic E-state index is -0.158. The van der Waals surface area contributed by atoms with Crippen LogP contribution in [0.3, 0.4) is 0 Å². The molecule has 1 aromatic heterocycles. The lowest BCUT2D eigenvalue weighted by Crippen LogP contribution is -2.37. The lowest BCUT2D eigenvalue weighted by atomic mass is 10.4. The summed E-state index contributed by atoms with van der Waals surface area (Å²) in [5.41, 5.74) is 0.468. The fraction of sp³-hybridized carbons (Fsp3) is 0.583. The number of carbonyl (C=O) groups excluding carboxylic acids is 1. The number of nitrogens with one attached hydrogen (secondary N) is 2. The van der Waals surface area contributed by atoms with E-state index in [0.717, 1.165) is 6.42 Å². The largest absolute Gasteiger partial charge is 0.381 e. The van der Waals surface area contributed by atoms with Crippen molar-refractivity contribution in [1.29, 1.82) is 0 Å². The summed E-state index contributed by atoms with van der Waals surface area (Å²) in [6.07, 6.45) is 2.46. The number of anilines is 1. The highest BCUT2D eigenvalue weighted by Gasteiger charge is 2.08. The van der Waals surface area contributed by atoms with Gasteiger partial charge in [0.05, 0.1) is 11.9 Å². The molecule has 0 aromatic carbocycles. The van der Waals surface area contributed by atoms with E-state index in [2.05, 4.69) is 31.7 Å². The highest BCUT2D eigenvalue weighted by Crippen LogP contribution is 2.15. The third kappa shape index (κ3) is 4.52. The van der Waals surface area contributed by atoms with E-state index < -0.39 is 0 Å². The third-order valence-electron chi connectivity index (χ3n) is 2.54. The van der Waals surface area contributed by atoms with Crippen LogP contribution in [0.4, 0.5) is 10.5 Å². The molecule has 0 unspecified atom stereocenters. The second-order valence-electron chi connectivity index (χ2n) is 4.45. The van der Waals surface area contributed by atoms with Gasteiger partial charge in [0.1, 0.15) is 4.47 Å². The molecule has 112 valence electrons. The van der Waals surface area contributed by atoms with Crippen LogP contribution in [0.15, 0.2) is 15.5 Å². The molecule has 0 aliphatic carbocycles. The summed E-state index contributed by atoms with van der Waals surface area (Å²) in [7, 11) is 3.35. The fourth-order valence-electron chi connectivity index (χ4n) is 1.48. The first-order valence-corrected chi connectivity index (χ1v) is 7.21. The van der Waals surface area contributed by atoms with E-state index >= 15 is 0 Å². The highest BCUT2D eigenvalue weighted by atomic mass is 79.9. The topological polar surface area (TPSA) is 79.3 Å². The quantitative estimate of drug-likeness (QED) is 0.756. The molecule has 1 rings (SSSR count). The normalized spacial score (nSPS) is 10.2. The summed E-state index contributed by atoms with van der Waals surface area (Å²) in [4.78, 5) is 24.7. The SMILES string of the molecule is CCCn1ncc(NCCNC(=O)N(C)C)c(Br)c1=O. The van der Waals surface area contributed by atoms with Gasteiger partial charge in [-0.3, -0.25) is 4.79 Å². The fourth-order valence-corrected chi connectivity index (χ4v) is 1.93. The van der Waals surface area contributed by atoms with Gasteiger partial charge in [-0.2, -0.15) is 5.10 Å². The third-order valence-corrected chi connectivity index (χ3v) is 3.31. The molecule has 0 bridgehead atoms. The number of nitrogens with zero attached hydrogens (tertiary/aromatic N) is 3. The number of aryl methyl sites for hydroxylation is 1. The van der Waals surface area contributed by atoms with Crippen LogP contribution in [0.1, 0.15) is 13.3 Å². The van der Waals surface area contributed by atoms with Crippen LogP contribution in [0, 0.1) is 0 Å². The lowest BCUT2D eigenvalue weighted by Gasteiger charge is -2.13. The highest BCUT2D eigenvalue weighted by molar-refractivity contribution is 9.10. The first-order chi connectivity index (χ1) is 9.47. The van der Waals surface area contributed by atoms with Crippen LogP contribution in [0.5, 0.6) is 0 Å². The predicted molar refractivity (Wildman–Crippen MR) is 82.1 cm³/mol. The van der Waals surface area contributed by atoms with Gasteiger partial charge >= 0.3 is 6.03 Å². The molecule has 0 saturated heterocycles. The standard InChI is InChI=1S/C12H20BrN5O2/c1-4-7-18-11(19)10(13)9(8-16-18)14-5-6-15-12(20)17(2)3/h8,14H,4-7H2,1-3H3,(H,15,20). The zero-order valence-electron chi connectivity index (χ0n) is 11.9. The molecule has 0 atom stereocenters. The summed E-state index contributed by atoms with van der Waals surface area (Å²) >= 11 is 3.27. The second kappa shape index (κ2) is 7.88. The Labute approximate surface area is 126 Å². The van der Waals surface area contributed by atoms with Gasteiger partial charge in [-0.25, -0.2) is 9.48 Å². The molecule has 0 aliphatic heterocycles. The number of amides is 2. The molecule has 7 nitrogen and oxygen atoms in total. The van der Waals surface area contributed by atoms with Gasteiger partial charge in [-0.1, -0.05) is 6.92 Å². The maximum Gasteiger partial charge on any atom is 0.316 e. The zero-order valence-corrected chi connectivity index (χ0v) is 13.5. The molecule has 0 aliphatic rings. The average molecular weight is 346 g/mol. The van der Waals surface area contributed by atoms with Crippen LogP contribution in [-0.2, 0) is 6.54 Å². The van der Waals surface area contributed by atoms with Crippen molar-refractivity contribution in [3.8, 4) is 0 Å².